The highest BCUT2D eigenvalue weighted by Gasteiger charge is 2.30. The Hall–Kier alpha value is -3.92. The first-order valence-corrected chi connectivity index (χ1v) is 13.7. The molecule has 2 fully saturated rings. The van der Waals surface area contributed by atoms with Crippen LogP contribution in [0.5, 0.6) is 0 Å². The molecule has 42 heavy (non-hydrogen) atoms. The first kappa shape index (κ1) is 32.6. The molecule has 2 amide bonds. The van der Waals surface area contributed by atoms with Gasteiger partial charge in [-0.3, -0.25) is 19.5 Å². The Morgan fingerprint density at radius 3 is 1.74 bits per heavy atom. The number of hydrogen-bond acceptors (Lipinski definition) is 11. The summed E-state index contributed by atoms with van der Waals surface area (Å²) < 4.78 is 25.1. The molecule has 4 heterocycles. The summed E-state index contributed by atoms with van der Waals surface area (Å²) in [6.07, 6.45) is 4.81. The highest BCUT2D eigenvalue weighted by atomic mass is 16.6. The third-order valence-electron chi connectivity index (χ3n) is 5.85. The van der Waals surface area contributed by atoms with E-state index in [1.54, 1.807) is 26.9 Å². The maximum absolute atomic E-state index is 12.0. The fourth-order valence-electron chi connectivity index (χ4n) is 4.09. The number of ether oxygens (including phenoxy) is 4. The van der Waals surface area contributed by atoms with E-state index in [2.05, 4.69) is 10.2 Å². The summed E-state index contributed by atoms with van der Waals surface area (Å²) in [5.74, 6) is 0. The minimum atomic E-state index is -0.548. The Labute approximate surface area is 244 Å². The Kier molecular flexibility index (Phi) is 10.7. The zero-order valence-corrected chi connectivity index (χ0v) is 25.1. The predicted molar refractivity (Wildman–Crippen MR) is 151 cm³/mol. The lowest BCUT2D eigenvalue weighted by Gasteiger charge is -2.34. The fourth-order valence-corrected chi connectivity index (χ4v) is 4.09. The molecule has 2 N–H and O–H groups in total. The first-order valence-electron chi connectivity index (χ1n) is 13.7. The van der Waals surface area contributed by atoms with Gasteiger partial charge in [0.15, 0.2) is 0 Å². The van der Waals surface area contributed by atoms with Crippen molar-refractivity contribution >= 4 is 23.6 Å². The van der Waals surface area contributed by atoms with Crippen molar-refractivity contribution in [1.29, 1.82) is 0 Å². The number of morpholine rings is 2. The van der Waals surface area contributed by atoms with Crippen LogP contribution in [-0.4, -0.2) is 109 Å². The predicted octanol–water partition coefficient (Wildman–Crippen LogP) is 2.53. The molecule has 0 aliphatic carbocycles. The maximum atomic E-state index is 12.0. The molecule has 16 nitrogen and oxygen atoms in total. The zero-order valence-electron chi connectivity index (χ0n) is 25.1. The van der Waals surface area contributed by atoms with Crippen LogP contribution in [-0.2, 0) is 32.0 Å². The molecule has 2 aromatic heterocycles. The van der Waals surface area contributed by atoms with Gasteiger partial charge in [-0.1, -0.05) is 0 Å². The van der Waals surface area contributed by atoms with Crippen LogP contribution in [0.2, 0.25) is 0 Å². The molecule has 2 atom stereocenters. The Balaban J connectivity index is 0.000000231. The zero-order chi connectivity index (χ0) is 31.1. The number of amides is 2. The number of hydrogen-bond donors (Lipinski definition) is 1. The maximum Gasteiger partial charge on any atom is 0.410 e. The van der Waals surface area contributed by atoms with Crippen molar-refractivity contribution in [2.45, 2.75) is 78.0 Å². The lowest BCUT2D eigenvalue weighted by atomic mass is 10.2. The number of nitrogens with zero attached hydrogens (tertiary/aromatic N) is 7. The number of anilines is 1. The monoisotopic (exact) mass is 594 g/mol. The number of carbonyl (C=O) groups excluding carboxylic acids is 2. The van der Waals surface area contributed by atoms with Crippen molar-refractivity contribution in [3.8, 4) is 0 Å². The Morgan fingerprint density at radius 2 is 1.36 bits per heavy atom. The second-order valence-corrected chi connectivity index (χ2v) is 12.0. The molecule has 2 aliphatic heterocycles. The SMILES string of the molecule is CC(C)(C)OC(=O)N1CCO[C@H](Cn2cc(N)cn2)C1.CC(C)(C)OC(=O)N1CCO[C@H](Cn2cc([N+](=O)[O-])cn2)C1. The standard InChI is InChI=1S/C13H20N4O5.C13H22N4O3/c1-13(2,3)22-12(18)15-4-5-21-11(8-15)9-16-7-10(6-14-16)17(19)20;1-13(2,3)20-12(18)16-4-5-19-11(8-16)9-17-7-10(14)6-15-17/h6-7,11H,4-5,8-9H2,1-3H3;6-7,11H,4-5,8-9,14H2,1-3H3/t2*11-/m00/s1. The van der Waals surface area contributed by atoms with Gasteiger partial charge in [0, 0.05) is 19.3 Å². The minimum absolute atomic E-state index is 0.0696. The third-order valence-corrected chi connectivity index (χ3v) is 5.85. The van der Waals surface area contributed by atoms with Crippen molar-refractivity contribution in [2.24, 2.45) is 0 Å². The Morgan fingerprint density at radius 1 is 0.905 bits per heavy atom. The molecule has 0 unspecified atom stereocenters. The highest BCUT2D eigenvalue weighted by Crippen LogP contribution is 2.16. The summed E-state index contributed by atoms with van der Waals surface area (Å²) in [5.41, 5.74) is 5.13. The van der Waals surface area contributed by atoms with Gasteiger partial charge in [0.25, 0.3) is 0 Å². The summed E-state index contributed by atoms with van der Waals surface area (Å²) in [6, 6.07) is 0. The number of nitro groups is 1. The summed E-state index contributed by atoms with van der Waals surface area (Å²) in [5, 5.41) is 18.7. The van der Waals surface area contributed by atoms with Crippen LogP contribution in [0.25, 0.3) is 0 Å². The second kappa shape index (κ2) is 13.8. The number of carbonyl (C=O) groups is 2. The number of nitrogens with two attached hydrogens (primary N) is 1. The topological polar surface area (TPSA) is 182 Å². The van der Waals surface area contributed by atoms with Gasteiger partial charge in [0.2, 0.25) is 0 Å². The lowest BCUT2D eigenvalue weighted by Crippen LogP contribution is -2.48. The van der Waals surface area contributed by atoms with E-state index >= 15 is 0 Å². The largest absolute Gasteiger partial charge is 0.444 e. The smallest absolute Gasteiger partial charge is 0.410 e. The quantitative estimate of drug-likeness (QED) is 0.396. The molecular weight excluding hydrogens is 552 g/mol. The molecule has 0 saturated carbocycles. The number of nitrogen functional groups attached to an aromatic ring is 1. The van der Waals surface area contributed by atoms with E-state index in [0.29, 0.717) is 58.2 Å². The van der Waals surface area contributed by atoms with Crippen LogP contribution in [0, 0.1) is 10.1 Å². The van der Waals surface area contributed by atoms with Crippen LogP contribution < -0.4 is 5.73 Å². The van der Waals surface area contributed by atoms with Crippen LogP contribution in [0.1, 0.15) is 41.5 Å². The van der Waals surface area contributed by atoms with Gasteiger partial charge in [0.05, 0.1) is 68.4 Å². The summed E-state index contributed by atoms with van der Waals surface area (Å²) in [7, 11) is 0. The summed E-state index contributed by atoms with van der Waals surface area (Å²) >= 11 is 0. The number of rotatable bonds is 5. The molecule has 4 rings (SSSR count). The van der Waals surface area contributed by atoms with E-state index < -0.39 is 16.1 Å². The van der Waals surface area contributed by atoms with E-state index in [0.717, 1.165) is 0 Å². The molecule has 0 aromatic carbocycles. The third kappa shape index (κ3) is 10.8. The van der Waals surface area contributed by atoms with Crippen molar-refractivity contribution in [1.82, 2.24) is 29.4 Å². The van der Waals surface area contributed by atoms with Gasteiger partial charge in [-0.25, -0.2) is 9.59 Å². The molecule has 2 aromatic rings. The van der Waals surface area contributed by atoms with Crippen LogP contribution >= 0.6 is 0 Å². The van der Waals surface area contributed by atoms with E-state index in [4.69, 9.17) is 24.7 Å². The second-order valence-electron chi connectivity index (χ2n) is 12.0. The van der Waals surface area contributed by atoms with Crippen LogP contribution in [0.3, 0.4) is 0 Å². The van der Waals surface area contributed by atoms with Crippen molar-refractivity contribution in [3.05, 3.63) is 34.9 Å². The molecule has 0 radical (unpaired) electrons. The van der Waals surface area contributed by atoms with Gasteiger partial charge >= 0.3 is 17.9 Å². The van der Waals surface area contributed by atoms with Crippen molar-refractivity contribution in [2.75, 3.05) is 45.1 Å². The average Bonchev–Trinajstić information content (AvgIpc) is 3.51. The van der Waals surface area contributed by atoms with Gasteiger partial charge in [-0.2, -0.15) is 10.2 Å². The fraction of sp³-hybridized carbons (Fsp3) is 0.692. The molecular formula is C26H42N8O8. The average molecular weight is 595 g/mol. The molecule has 2 saturated heterocycles. The van der Waals surface area contributed by atoms with E-state index in [1.165, 1.54) is 17.1 Å². The molecule has 16 heteroatoms. The normalized spacial score (nSPS) is 19.5. The molecule has 0 spiro atoms. The van der Waals surface area contributed by atoms with E-state index in [-0.39, 0.29) is 30.1 Å². The number of aromatic nitrogens is 4. The van der Waals surface area contributed by atoms with Crippen molar-refractivity contribution in [3.63, 3.8) is 0 Å². The first-order chi connectivity index (χ1) is 19.6. The van der Waals surface area contributed by atoms with E-state index in [1.807, 2.05) is 41.5 Å². The molecule has 2 aliphatic rings. The summed E-state index contributed by atoms with van der Waals surface area (Å²) in [6.45, 7) is 14.7. The van der Waals surface area contributed by atoms with Crippen LogP contribution in [0.4, 0.5) is 21.0 Å². The van der Waals surface area contributed by atoms with Gasteiger partial charge < -0.3 is 34.5 Å². The summed E-state index contributed by atoms with van der Waals surface area (Å²) in [4.78, 5) is 37.4. The molecule has 0 bridgehead atoms. The lowest BCUT2D eigenvalue weighted by molar-refractivity contribution is -0.385. The van der Waals surface area contributed by atoms with Gasteiger partial charge in [-0.05, 0) is 41.5 Å². The van der Waals surface area contributed by atoms with Gasteiger partial charge in [-0.15, -0.1) is 0 Å². The van der Waals surface area contributed by atoms with E-state index in [9.17, 15) is 19.7 Å². The Bertz CT molecular complexity index is 1200. The highest BCUT2D eigenvalue weighted by molar-refractivity contribution is 5.68. The molecule has 234 valence electrons. The minimum Gasteiger partial charge on any atom is -0.444 e. The van der Waals surface area contributed by atoms with Gasteiger partial charge in [0.1, 0.15) is 23.6 Å². The van der Waals surface area contributed by atoms with Crippen molar-refractivity contribution < 1.29 is 33.5 Å². The van der Waals surface area contributed by atoms with Crippen LogP contribution in [0.15, 0.2) is 24.8 Å².